The molecule has 1 amide bonds. The van der Waals surface area contributed by atoms with Crippen molar-refractivity contribution in [3.8, 4) is 11.1 Å². The van der Waals surface area contributed by atoms with Gasteiger partial charge in [0.15, 0.2) is 0 Å². The van der Waals surface area contributed by atoms with Crippen LogP contribution in [0.2, 0.25) is 0 Å². The molecule has 0 atom stereocenters. The lowest BCUT2D eigenvalue weighted by atomic mass is 9.96. The van der Waals surface area contributed by atoms with Crippen LogP contribution in [0.15, 0.2) is 77.0 Å². The van der Waals surface area contributed by atoms with Gasteiger partial charge in [-0.3, -0.25) is 9.69 Å². The van der Waals surface area contributed by atoms with Gasteiger partial charge in [-0.1, -0.05) is 48.9 Å². The van der Waals surface area contributed by atoms with Crippen molar-refractivity contribution in [2.45, 2.75) is 30.7 Å². The summed E-state index contributed by atoms with van der Waals surface area (Å²) in [5.41, 5.74) is 5.06. The molecule has 0 aromatic heterocycles. The number of hydrogen-bond acceptors (Lipinski definition) is 4. The lowest BCUT2D eigenvalue weighted by Crippen LogP contribution is -2.29. The largest absolute Gasteiger partial charge is 0.322 e. The highest BCUT2D eigenvalue weighted by molar-refractivity contribution is 8.93. The highest BCUT2D eigenvalue weighted by Crippen LogP contribution is 2.30. The number of sulfone groups is 1. The van der Waals surface area contributed by atoms with Crippen LogP contribution in [0.3, 0.4) is 0 Å². The van der Waals surface area contributed by atoms with Crippen LogP contribution in [0.25, 0.3) is 17.2 Å². The van der Waals surface area contributed by atoms with Gasteiger partial charge in [0.2, 0.25) is 9.84 Å². The molecule has 0 aliphatic carbocycles. The number of carbonyl (C=O) groups is 1. The number of halogens is 1. The maximum absolute atomic E-state index is 13.1. The van der Waals surface area contributed by atoms with Crippen molar-refractivity contribution in [3.63, 3.8) is 0 Å². The maximum Gasteiger partial charge on any atom is 0.255 e. The summed E-state index contributed by atoms with van der Waals surface area (Å²) in [6.45, 7) is 2.94. The molecule has 3 aromatic carbocycles. The molecule has 0 bridgehead atoms. The van der Waals surface area contributed by atoms with E-state index in [0.29, 0.717) is 16.8 Å². The first-order chi connectivity index (χ1) is 16.0. The summed E-state index contributed by atoms with van der Waals surface area (Å²) in [6, 6.07) is 21.0. The van der Waals surface area contributed by atoms with E-state index >= 15 is 0 Å². The molecule has 7 heteroatoms. The van der Waals surface area contributed by atoms with Crippen LogP contribution in [0.4, 0.5) is 5.69 Å². The predicted molar refractivity (Wildman–Crippen MR) is 142 cm³/mol. The zero-order valence-corrected chi connectivity index (χ0v) is 21.3. The Hall–Kier alpha value is -2.74. The molecular weight excluding hydrogens is 512 g/mol. The molecule has 1 fully saturated rings. The third-order valence-corrected chi connectivity index (χ3v) is 7.76. The average Bonchev–Trinajstić information content (AvgIpc) is 3.14. The topological polar surface area (TPSA) is 66.5 Å². The molecule has 2 heterocycles. The van der Waals surface area contributed by atoms with Crippen LogP contribution in [0, 0.1) is 0 Å². The van der Waals surface area contributed by atoms with Gasteiger partial charge in [-0.25, -0.2) is 8.42 Å². The molecule has 34 heavy (non-hydrogen) atoms. The summed E-state index contributed by atoms with van der Waals surface area (Å²) in [5, 5.41) is 4.06. The quantitative estimate of drug-likeness (QED) is 0.437. The van der Waals surface area contributed by atoms with E-state index < -0.39 is 9.84 Å². The van der Waals surface area contributed by atoms with Crippen molar-refractivity contribution >= 4 is 44.5 Å². The molecule has 2 aliphatic heterocycles. The van der Waals surface area contributed by atoms with Crippen molar-refractivity contribution in [2.75, 3.05) is 18.4 Å². The van der Waals surface area contributed by atoms with Crippen molar-refractivity contribution in [1.29, 1.82) is 0 Å². The monoisotopic (exact) mass is 538 g/mol. The summed E-state index contributed by atoms with van der Waals surface area (Å²) >= 11 is 0. The van der Waals surface area contributed by atoms with Crippen LogP contribution in [-0.4, -0.2) is 32.3 Å². The van der Waals surface area contributed by atoms with E-state index in [1.807, 2.05) is 36.4 Å². The van der Waals surface area contributed by atoms with E-state index in [1.54, 1.807) is 18.2 Å². The second kappa shape index (κ2) is 10.3. The maximum atomic E-state index is 13.1. The second-order valence-corrected chi connectivity index (χ2v) is 10.4. The van der Waals surface area contributed by atoms with Gasteiger partial charge in [0, 0.05) is 23.2 Å². The Morgan fingerprint density at radius 2 is 1.68 bits per heavy atom. The van der Waals surface area contributed by atoms with Crippen molar-refractivity contribution < 1.29 is 13.2 Å². The SMILES string of the molecule is Br.O=C(Nc1ccc2c(c1)S(=O)(=O)C=C2)c1ccc(-c2ccccc2)c(CN2CCCCC2)c1. The van der Waals surface area contributed by atoms with Gasteiger partial charge in [-0.2, -0.15) is 0 Å². The van der Waals surface area contributed by atoms with Gasteiger partial charge >= 0.3 is 0 Å². The molecule has 1 N–H and O–H groups in total. The van der Waals surface area contributed by atoms with Crippen LogP contribution in [0.5, 0.6) is 0 Å². The number of anilines is 1. The number of hydrogen-bond donors (Lipinski definition) is 1. The lowest BCUT2D eigenvalue weighted by Gasteiger charge is -2.27. The number of nitrogens with one attached hydrogen (secondary N) is 1. The minimum absolute atomic E-state index is 0. The van der Waals surface area contributed by atoms with Gasteiger partial charge in [0.1, 0.15) is 0 Å². The Kier molecular flexibility index (Phi) is 7.36. The normalized spacial score (nSPS) is 16.5. The highest BCUT2D eigenvalue weighted by Gasteiger charge is 2.21. The third kappa shape index (κ3) is 5.17. The van der Waals surface area contributed by atoms with Crippen molar-refractivity contribution in [2.24, 2.45) is 0 Å². The standard InChI is InChI=1S/C27H26N2O3S.BrH/c30-27(28-24-11-9-21-13-16-33(31,32)26(21)18-24)22-10-12-25(20-7-3-1-4-8-20)23(17-22)19-29-14-5-2-6-15-29;/h1,3-4,7-13,16-18H,2,5-6,14-15,19H2,(H,28,30);1H. The van der Waals surface area contributed by atoms with E-state index in [-0.39, 0.29) is 27.8 Å². The van der Waals surface area contributed by atoms with Crippen LogP contribution in [-0.2, 0) is 16.4 Å². The molecule has 2 aliphatic rings. The molecule has 1 saturated heterocycles. The number of nitrogens with zero attached hydrogens (tertiary/aromatic N) is 1. The molecule has 176 valence electrons. The minimum atomic E-state index is -3.43. The van der Waals surface area contributed by atoms with E-state index in [9.17, 15) is 13.2 Å². The Labute approximate surface area is 211 Å². The number of piperidine rings is 1. The smallest absolute Gasteiger partial charge is 0.255 e. The fraction of sp³-hybridized carbons (Fsp3) is 0.222. The summed E-state index contributed by atoms with van der Waals surface area (Å²) in [6.07, 6.45) is 5.26. The molecule has 5 rings (SSSR count). The van der Waals surface area contributed by atoms with Gasteiger partial charge < -0.3 is 5.32 Å². The number of amides is 1. The molecule has 5 nitrogen and oxygen atoms in total. The Morgan fingerprint density at radius 3 is 2.44 bits per heavy atom. The number of carbonyl (C=O) groups excluding carboxylic acids is 1. The van der Waals surface area contributed by atoms with Crippen LogP contribution < -0.4 is 5.32 Å². The first kappa shape index (κ1) is 24.4. The van der Waals surface area contributed by atoms with Gasteiger partial charge in [-0.15, -0.1) is 17.0 Å². The number of fused-ring (bicyclic) bond motifs is 1. The number of rotatable bonds is 5. The molecule has 3 aromatic rings. The Balaban J connectivity index is 0.00000274. The fourth-order valence-electron chi connectivity index (χ4n) is 4.56. The minimum Gasteiger partial charge on any atom is -0.322 e. The average molecular weight is 539 g/mol. The highest BCUT2D eigenvalue weighted by atomic mass is 79.9. The zero-order valence-electron chi connectivity index (χ0n) is 18.7. The van der Waals surface area contributed by atoms with E-state index in [1.165, 1.54) is 30.7 Å². The van der Waals surface area contributed by atoms with Crippen molar-refractivity contribution in [3.05, 3.63) is 88.8 Å². The second-order valence-electron chi connectivity index (χ2n) is 8.63. The van der Waals surface area contributed by atoms with E-state index in [2.05, 4.69) is 22.3 Å². The fourth-order valence-corrected chi connectivity index (χ4v) is 5.79. The summed E-state index contributed by atoms with van der Waals surface area (Å²) < 4.78 is 24.3. The predicted octanol–water partition coefficient (Wildman–Crippen LogP) is 5.93. The van der Waals surface area contributed by atoms with Gasteiger partial charge in [0.05, 0.1) is 4.90 Å². The Bertz CT molecular complexity index is 1330. The number of likely N-dealkylation sites (tertiary alicyclic amines) is 1. The van der Waals surface area contributed by atoms with E-state index in [0.717, 1.165) is 36.3 Å². The summed E-state index contributed by atoms with van der Waals surface area (Å²) in [5.74, 6) is -0.252. The summed E-state index contributed by atoms with van der Waals surface area (Å²) in [7, 11) is -3.43. The first-order valence-corrected chi connectivity index (χ1v) is 12.8. The summed E-state index contributed by atoms with van der Waals surface area (Å²) in [4.78, 5) is 15.8. The molecule has 0 saturated carbocycles. The molecule has 0 spiro atoms. The lowest BCUT2D eigenvalue weighted by molar-refractivity contribution is 0.102. The Morgan fingerprint density at radius 1 is 0.912 bits per heavy atom. The van der Waals surface area contributed by atoms with Gasteiger partial charge in [-0.05, 0) is 78.5 Å². The first-order valence-electron chi connectivity index (χ1n) is 11.3. The van der Waals surface area contributed by atoms with Crippen LogP contribution in [0.1, 0.15) is 40.7 Å². The zero-order chi connectivity index (χ0) is 22.8. The molecule has 0 radical (unpaired) electrons. The van der Waals surface area contributed by atoms with Crippen molar-refractivity contribution in [1.82, 2.24) is 4.90 Å². The third-order valence-electron chi connectivity index (χ3n) is 6.30. The molecular formula is C27H27BrN2O3S. The molecule has 0 unspecified atom stereocenters. The number of benzene rings is 3. The van der Waals surface area contributed by atoms with Gasteiger partial charge in [0.25, 0.3) is 5.91 Å². The van der Waals surface area contributed by atoms with E-state index in [4.69, 9.17) is 0 Å². The van der Waals surface area contributed by atoms with Crippen LogP contribution >= 0.6 is 17.0 Å².